The van der Waals surface area contributed by atoms with Crippen molar-refractivity contribution >= 4 is 11.6 Å². The molecule has 0 aliphatic heterocycles. The Balaban J connectivity index is 1.31. The Labute approximate surface area is 172 Å². The van der Waals surface area contributed by atoms with E-state index >= 15 is 0 Å². The van der Waals surface area contributed by atoms with Crippen LogP contribution in [0.1, 0.15) is 23.4 Å². The largest absolute Gasteiger partial charge is 0.438 e. The molecule has 0 saturated carbocycles. The zero-order chi connectivity index (χ0) is 20.9. The van der Waals surface area contributed by atoms with Crippen molar-refractivity contribution in [1.29, 1.82) is 0 Å². The number of anilines is 1. The Morgan fingerprint density at radius 3 is 2.60 bits per heavy atom. The fourth-order valence-electron chi connectivity index (χ4n) is 2.95. The fraction of sp³-hybridized carbons (Fsp3) is 0.190. The van der Waals surface area contributed by atoms with Gasteiger partial charge in [-0.2, -0.15) is 0 Å². The molecule has 0 atom stereocenters. The van der Waals surface area contributed by atoms with Gasteiger partial charge in [0.15, 0.2) is 5.82 Å². The first kappa shape index (κ1) is 19.3. The molecule has 0 aliphatic carbocycles. The van der Waals surface area contributed by atoms with E-state index in [4.69, 9.17) is 9.26 Å². The van der Waals surface area contributed by atoms with Crippen LogP contribution >= 0.6 is 0 Å². The first-order valence-corrected chi connectivity index (χ1v) is 9.40. The highest BCUT2D eigenvalue weighted by Gasteiger charge is 2.11. The van der Waals surface area contributed by atoms with E-state index in [1.54, 1.807) is 59.7 Å². The van der Waals surface area contributed by atoms with Gasteiger partial charge in [-0.25, -0.2) is 4.98 Å². The fourth-order valence-corrected chi connectivity index (χ4v) is 2.95. The molecule has 9 nitrogen and oxygen atoms in total. The lowest BCUT2D eigenvalue weighted by molar-refractivity contribution is -0.116. The summed E-state index contributed by atoms with van der Waals surface area (Å²) in [5.41, 5.74) is 2.49. The van der Waals surface area contributed by atoms with Crippen molar-refractivity contribution in [2.45, 2.75) is 26.7 Å². The van der Waals surface area contributed by atoms with Gasteiger partial charge in [0.2, 0.25) is 11.8 Å². The summed E-state index contributed by atoms with van der Waals surface area (Å²) in [4.78, 5) is 16.2. The maximum Gasteiger partial charge on any atom is 0.238 e. The van der Waals surface area contributed by atoms with Crippen LogP contribution in [0.4, 0.5) is 5.69 Å². The second-order valence-electron chi connectivity index (χ2n) is 6.68. The minimum atomic E-state index is -0.0791. The number of carbonyl (C=O) groups excluding carboxylic acids is 1. The summed E-state index contributed by atoms with van der Waals surface area (Å²) in [7, 11) is 0. The highest BCUT2D eigenvalue weighted by molar-refractivity contribution is 5.90. The molecule has 30 heavy (non-hydrogen) atoms. The summed E-state index contributed by atoms with van der Waals surface area (Å²) in [6.45, 7) is 3.72. The van der Waals surface area contributed by atoms with E-state index in [1.807, 2.05) is 13.8 Å². The Morgan fingerprint density at radius 1 is 1.13 bits per heavy atom. The summed E-state index contributed by atoms with van der Waals surface area (Å²) in [5.74, 6) is 2.28. The number of rotatable bonds is 7. The molecule has 1 amide bonds. The van der Waals surface area contributed by atoms with Crippen LogP contribution in [0.25, 0.3) is 5.82 Å². The first-order valence-electron chi connectivity index (χ1n) is 9.40. The van der Waals surface area contributed by atoms with Gasteiger partial charge in [0, 0.05) is 36.1 Å². The molecule has 9 heteroatoms. The van der Waals surface area contributed by atoms with Crippen molar-refractivity contribution in [3.63, 3.8) is 0 Å². The van der Waals surface area contributed by atoms with Crippen LogP contribution in [-0.2, 0) is 11.2 Å². The maximum atomic E-state index is 12.2. The van der Waals surface area contributed by atoms with E-state index < -0.39 is 0 Å². The monoisotopic (exact) mass is 404 g/mol. The number of carbonyl (C=O) groups is 1. The average Bonchev–Trinajstić information content (AvgIpc) is 3.39. The SMILES string of the molecule is Cc1noc(C)c1CCC(=O)Nc1ccc(Oc2ccc(-n3ccnc3)nn2)cc1. The normalized spacial score (nSPS) is 10.7. The summed E-state index contributed by atoms with van der Waals surface area (Å²) in [6.07, 6.45) is 6.03. The number of ether oxygens (including phenoxy) is 1. The molecule has 4 aromatic rings. The molecule has 3 heterocycles. The van der Waals surface area contributed by atoms with Gasteiger partial charge in [0.25, 0.3) is 0 Å². The number of nitrogens with zero attached hydrogens (tertiary/aromatic N) is 5. The molecule has 0 radical (unpaired) electrons. The molecular formula is C21H20N6O3. The molecule has 1 N–H and O–H groups in total. The van der Waals surface area contributed by atoms with Crippen LogP contribution in [0.15, 0.2) is 59.6 Å². The van der Waals surface area contributed by atoms with Crippen LogP contribution in [-0.4, -0.2) is 30.8 Å². The lowest BCUT2D eigenvalue weighted by Gasteiger charge is -2.08. The second kappa shape index (κ2) is 8.56. The van der Waals surface area contributed by atoms with Crippen molar-refractivity contribution in [3.05, 3.63) is 72.1 Å². The number of benzene rings is 1. The standard InChI is InChI=1S/C21H20N6O3/c1-14-18(15(2)30-26-14)7-9-20(28)23-16-3-5-17(6-4-16)29-21-10-8-19(24-25-21)27-12-11-22-13-27/h3-6,8,10-13H,7,9H2,1-2H3,(H,23,28). The molecule has 0 aliphatic rings. The Morgan fingerprint density at radius 2 is 1.97 bits per heavy atom. The maximum absolute atomic E-state index is 12.2. The number of aromatic nitrogens is 5. The minimum absolute atomic E-state index is 0.0791. The van der Waals surface area contributed by atoms with Crippen LogP contribution < -0.4 is 10.1 Å². The minimum Gasteiger partial charge on any atom is -0.438 e. The third-order valence-electron chi connectivity index (χ3n) is 4.54. The van der Waals surface area contributed by atoms with Gasteiger partial charge < -0.3 is 14.6 Å². The molecule has 0 unspecified atom stereocenters. The lowest BCUT2D eigenvalue weighted by Crippen LogP contribution is -2.12. The second-order valence-corrected chi connectivity index (χ2v) is 6.68. The number of aryl methyl sites for hydroxylation is 2. The zero-order valence-electron chi connectivity index (χ0n) is 16.6. The third kappa shape index (κ3) is 4.52. The number of amides is 1. The van der Waals surface area contributed by atoms with Crippen LogP contribution in [0.2, 0.25) is 0 Å². The smallest absolute Gasteiger partial charge is 0.238 e. The topological polar surface area (TPSA) is 108 Å². The van der Waals surface area contributed by atoms with Gasteiger partial charge in [-0.05, 0) is 50.6 Å². The first-order chi connectivity index (χ1) is 14.6. The predicted octanol–water partition coefficient (Wildman–Crippen LogP) is 3.63. The third-order valence-corrected chi connectivity index (χ3v) is 4.54. The van der Waals surface area contributed by atoms with E-state index in [1.165, 1.54) is 0 Å². The molecule has 152 valence electrons. The van der Waals surface area contributed by atoms with E-state index in [2.05, 4.69) is 25.7 Å². The number of hydrogen-bond donors (Lipinski definition) is 1. The van der Waals surface area contributed by atoms with E-state index in [-0.39, 0.29) is 5.91 Å². The number of hydrogen-bond acceptors (Lipinski definition) is 7. The molecule has 1 aromatic carbocycles. The highest BCUT2D eigenvalue weighted by Crippen LogP contribution is 2.22. The Kier molecular flexibility index (Phi) is 5.51. The molecule has 0 spiro atoms. The number of imidazole rings is 1. The van der Waals surface area contributed by atoms with E-state index in [9.17, 15) is 4.79 Å². The Bertz CT molecular complexity index is 1100. The van der Waals surface area contributed by atoms with Gasteiger partial charge in [0.1, 0.15) is 17.8 Å². The lowest BCUT2D eigenvalue weighted by atomic mass is 10.1. The van der Waals surface area contributed by atoms with Gasteiger partial charge in [-0.1, -0.05) is 5.16 Å². The number of nitrogens with one attached hydrogen (secondary N) is 1. The average molecular weight is 404 g/mol. The van der Waals surface area contributed by atoms with Crippen molar-refractivity contribution < 1.29 is 14.1 Å². The Hall–Kier alpha value is -4.01. The zero-order valence-corrected chi connectivity index (χ0v) is 16.6. The van der Waals surface area contributed by atoms with Gasteiger partial charge in [0.05, 0.1) is 5.69 Å². The van der Waals surface area contributed by atoms with Crippen molar-refractivity contribution in [2.24, 2.45) is 0 Å². The summed E-state index contributed by atoms with van der Waals surface area (Å²) in [5, 5.41) is 14.9. The van der Waals surface area contributed by atoms with Crippen LogP contribution in [0.5, 0.6) is 11.6 Å². The molecule has 0 saturated heterocycles. The summed E-state index contributed by atoms with van der Waals surface area (Å²) < 4.78 is 12.6. The molecule has 0 bridgehead atoms. The summed E-state index contributed by atoms with van der Waals surface area (Å²) >= 11 is 0. The molecular weight excluding hydrogens is 384 g/mol. The van der Waals surface area contributed by atoms with E-state index in [0.29, 0.717) is 36.0 Å². The predicted molar refractivity (Wildman–Crippen MR) is 109 cm³/mol. The van der Waals surface area contributed by atoms with E-state index in [0.717, 1.165) is 17.0 Å². The van der Waals surface area contributed by atoms with Gasteiger partial charge in [-0.3, -0.25) is 9.36 Å². The van der Waals surface area contributed by atoms with Gasteiger partial charge in [-0.15, -0.1) is 10.2 Å². The van der Waals surface area contributed by atoms with Crippen molar-refractivity contribution in [2.75, 3.05) is 5.32 Å². The van der Waals surface area contributed by atoms with Crippen LogP contribution in [0.3, 0.4) is 0 Å². The molecule has 0 fully saturated rings. The molecule has 4 rings (SSSR count). The summed E-state index contributed by atoms with van der Waals surface area (Å²) in [6, 6.07) is 10.6. The quantitative estimate of drug-likeness (QED) is 0.501. The van der Waals surface area contributed by atoms with Gasteiger partial charge >= 0.3 is 0 Å². The van der Waals surface area contributed by atoms with Crippen molar-refractivity contribution in [1.82, 2.24) is 24.9 Å². The van der Waals surface area contributed by atoms with Crippen LogP contribution in [0, 0.1) is 13.8 Å². The molecule has 3 aromatic heterocycles. The highest BCUT2D eigenvalue weighted by atomic mass is 16.5. The van der Waals surface area contributed by atoms with Crippen molar-refractivity contribution in [3.8, 4) is 17.4 Å².